The second kappa shape index (κ2) is 12.2. The number of aromatic nitrogens is 2. The number of esters is 1. The highest BCUT2D eigenvalue weighted by Crippen LogP contribution is 2.26. The van der Waals surface area contributed by atoms with Crippen LogP contribution in [-0.2, 0) is 22.7 Å². The molecule has 0 amide bonds. The fourth-order valence-corrected chi connectivity index (χ4v) is 4.04. The van der Waals surface area contributed by atoms with Gasteiger partial charge in [-0.05, 0) is 18.4 Å². The molecular formula is C26H30ClN3O3. The van der Waals surface area contributed by atoms with E-state index < -0.39 is 11.5 Å². The lowest BCUT2D eigenvalue weighted by molar-refractivity contribution is -0.145. The van der Waals surface area contributed by atoms with Gasteiger partial charge in [-0.3, -0.25) is 14.2 Å². The Morgan fingerprint density at radius 3 is 2.24 bits per heavy atom. The smallest absolute Gasteiger partial charge is 0.326 e. The van der Waals surface area contributed by atoms with E-state index >= 15 is 0 Å². The zero-order valence-corrected chi connectivity index (χ0v) is 19.8. The van der Waals surface area contributed by atoms with Gasteiger partial charge in [-0.15, -0.1) is 0 Å². The van der Waals surface area contributed by atoms with E-state index in [1.54, 1.807) is 0 Å². The molecule has 6 nitrogen and oxygen atoms in total. The molecule has 33 heavy (non-hydrogen) atoms. The first kappa shape index (κ1) is 24.5. The maximum atomic E-state index is 13.4. The Kier molecular flexibility index (Phi) is 9.07. The third-order valence-corrected chi connectivity index (χ3v) is 5.58. The van der Waals surface area contributed by atoms with Crippen molar-refractivity contribution in [1.29, 1.82) is 0 Å². The van der Waals surface area contributed by atoms with Gasteiger partial charge in [0.2, 0.25) is 0 Å². The topological polar surface area (TPSA) is 73.2 Å². The molecule has 0 saturated carbocycles. The summed E-state index contributed by atoms with van der Waals surface area (Å²) in [6.07, 6.45) is 3.78. The van der Waals surface area contributed by atoms with Gasteiger partial charge < -0.3 is 10.1 Å². The fourth-order valence-electron chi connectivity index (χ4n) is 3.75. The van der Waals surface area contributed by atoms with Gasteiger partial charge in [0.25, 0.3) is 5.56 Å². The highest BCUT2D eigenvalue weighted by atomic mass is 35.5. The number of carbonyl (C=O) groups excluding carboxylic acids is 1. The molecule has 0 bridgehead atoms. The summed E-state index contributed by atoms with van der Waals surface area (Å²) in [5.74, 6) is -0.368. The van der Waals surface area contributed by atoms with Crippen LogP contribution in [0.3, 0.4) is 0 Å². The first-order chi connectivity index (χ1) is 16.0. The maximum Gasteiger partial charge on any atom is 0.326 e. The summed E-state index contributed by atoms with van der Waals surface area (Å²) in [7, 11) is 0. The molecule has 0 atom stereocenters. The zero-order chi connectivity index (χ0) is 23.6. The zero-order valence-electron chi connectivity index (χ0n) is 19.1. The molecule has 2 aromatic carbocycles. The molecule has 1 N–H and O–H groups in total. The largest absolute Gasteiger partial charge is 0.459 e. The van der Waals surface area contributed by atoms with Crippen LogP contribution in [-0.4, -0.2) is 21.6 Å². The minimum absolute atomic E-state index is 0.109. The molecule has 0 saturated heterocycles. The summed E-state index contributed by atoms with van der Waals surface area (Å²) in [4.78, 5) is 30.5. The third-order valence-electron chi connectivity index (χ3n) is 5.32. The van der Waals surface area contributed by atoms with Crippen molar-refractivity contribution < 1.29 is 9.53 Å². The van der Waals surface area contributed by atoms with Gasteiger partial charge in [0, 0.05) is 11.6 Å². The minimum atomic E-state index is -0.523. The summed E-state index contributed by atoms with van der Waals surface area (Å²) >= 11 is 6.57. The molecule has 3 rings (SSSR count). The Morgan fingerprint density at radius 2 is 1.64 bits per heavy atom. The van der Waals surface area contributed by atoms with E-state index in [9.17, 15) is 9.59 Å². The van der Waals surface area contributed by atoms with Crippen LogP contribution in [0.4, 0.5) is 5.82 Å². The summed E-state index contributed by atoms with van der Waals surface area (Å²) in [6, 6.07) is 18.7. The highest BCUT2D eigenvalue weighted by molar-refractivity contribution is 6.32. The van der Waals surface area contributed by atoms with Crippen molar-refractivity contribution in [2.75, 3.05) is 5.32 Å². The van der Waals surface area contributed by atoms with Crippen molar-refractivity contribution in [3.8, 4) is 11.3 Å². The van der Waals surface area contributed by atoms with Crippen molar-refractivity contribution >= 4 is 23.4 Å². The van der Waals surface area contributed by atoms with Crippen LogP contribution in [0.15, 0.2) is 65.5 Å². The van der Waals surface area contributed by atoms with E-state index in [1.165, 1.54) is 4.57 Å². The fraction of sp³-hybridized carbons (Fsp3) is 0.346. The van der Waals surface area contributed by atoms with E-state index in [0.717, 1.165) is 31.2 Å². The molecule has 0 unspecified atom stereocenters. The average molecular weight is 468 g/mol. The Morgan fingerprint density at radius 1 is 1.03 bits per heavy atom. The maximum absolute atomic E-state index is 13.4. The normalized spacial score (nSPS) is 10.9. The van der Waals surface area contributed by atoms with E-state index in [1.807, 2.05) is 60.7 Å². The second-order valence-electron chi connectivity index (χ2n) is 7.92. The van der Waals surface area contributed by atoms with Crippen LogP contribution < -0.4 is 10.9 Å². The lowest BCUT2D eigenvalue weighted by atomic mass is 10.1. The van der Waals surface area contributed by atoms with Gasteiger partial charge in [-0.2, -0.15) is 0 Å². The Balaban J connectivity index is 1.94. The molecular weight excluding hydrogens is 438 g/mol. The number of anilines is 1. The standard InChI is InChI=1S/C26H30ClN3O3/c1-3-11-21(12-4-2)28-25-26(32)30(17-22(31)33-18-19-13-7-5-8-14-19)23(24(27)29-25)20-15-9-6-10-16-20/h5-10,13-16,21H,3-4,11-12,17-18H2,1-2H3,(H,28,29). The van der Waals surface area contributed by atoms with Crippen molar-refractivity contribution in [2.45, 2.75) is 58.7 Å². The quantitative estimate of drug-likeness (QED) is 0.367. The molecule has 174 valence electrons. The molecule has 1 aromatic heterocycles. The lowest BCUT2D eigenvalue weighted by Gasteiger charge is -2.20. The Hall–Kier alpha value is -3.12. The van der Waals surface area contributed by atoms with Crippen LogP contribution in [0, 0.1) is 0 Å². The van der Waals surface area contributed by atoms with Crippen molar-refractivity contribution in [1.82, 2.24) is 9.55 Å². The number of benzene rings is 2. The number of rotatable bonds is 11. The SMILES string of the molecule is CCCC(CCC)Nc1nc(Cl)c(-c2ccccc2)n(CC(=O)OCc2ccccc2)c1=O. The highest BCUT2D eigenvalue weighted by Gasteiger charge is 2.21. The van der Waals surface area contributed by atoms with E-state index in [-0.39, 0.29) is 30.2 Å². The molecule has 0 spiro atoms. The number of hydrogen-bond donors (Lipinski definition) is 1. The Bertz CT molecular complexity index is 1100. The number of ether oxygens (including phenoxy) is 1. The summed E-state index contributed by atoms with van der Waals surface area (Å²) in [5.41, 5.74) is 1.57. The Labute approximate surface area is 199 Å². The molecule has 0 fully saturated rings. The molecule has 7 heteroatoms. The molecule has 0 aliphatic carbocycles. The van der Waals surface area contributed by atoms with Gasteiger partial charge in [-0.25, -0.2) is 4.98 Å². The molecule has 0 aliphatic rings. The number of hydrogen-bond acceptors (Lipinski definition) is 5. The first-order valence-corrected chi connectivity index (χ1v) is 11.7. The van der Waals surface area contributed by atoms with E-state index in [0.29, 0.717) is 11.3 Å². The number of nitrogens with one attached hydrogen (secondary N) is 1. The van der Waals surface area contributed by atoms with Crippen LogP contribution in [0.5, 0.6) is 0 Å². The van der Waals surface area contributed by atoms with Crippen LogP contribution in [0.2, 0.25) is 5.15 Å². The van der Waals surface area contributed by atoms with E-state index in [4.69, 9.17) is 16.3 Å². The average Bonchev–Trinajstić information content (AvgIpc) is 2.82. The second-order valence-corrected chi connectivity index (χ2v) is 8.28. The number of nitrogens with zero attached hydrogens (tertiary/aromatic N) is 2. The monoisotopic (exact) mass is 467 g/mol. The van der Waals surface area contributed by atoms with Crippen molar-refractivity contribution in [3.63, 3.8) is 0 Å². The van der Waals surface area contributed by atoms with Gasteiger partial charge in [0.1, 0.15) is 13.2 Å². The minimum Gasteiger partial charge on any atom is -0.459 e. The molecule has 0 radical (unpaired) electrons. The summed E-state index contributed by atoms with van der Waals surface area (Å²) in [6.45, 7) is 4.07. The molecule has 3 aromatic rings. The van der Waals surface area contributed by atoms with Gasteiger partial charge in [0.15, 0.2) is 11.0 Å². The van der Waals surface area contributed by atoms with Gasteiger partial charge in [0.05, 0.1) is 5.69 Å². The molecule has 0 aliphatic heterocycles. The van der Waals surface area contributed by atoms with Crippen LogP contribution >= 0.6 is 11.6 Å². The number of halogens is 1. The molecule has 1 heterocycles. The van der Waals surface area contributed by atoms with Crippen LogP contribution in [0.25, 0.3) is 11.3 Å². The summed E-state index contributed by atoms with van der Waals surface area (Å²) < 4.78 is 6.79. The van der Waals surface area contributed by atoms with Gasteiger partial charge in [-0.1, -0.05) is 99.0 Å². The predicted octanol–water partition coefficient (Wildman–Crippen LogP) is 5.69. The number of carbonyl (C=O) groups is 1. The van der Waals surface area contributed by atoms with Crippen molar-refractivity contribution in [3.05, 3.63) is 81.7 Å². The first-order valence-electron chi connectivity index (χ1n) is 11.3. The predicted molar refractivity (Wildman–Crippen MR) is 132 cm³/mol. The summed E-state index contributed by atoms with van der Waals surface area (Å²) in [5, 5.41) is 3.42. The van der Waals surface area contributed by atoms with Gasteiger partial charge >= 0.3 is 5.97 Å². The van der Waals surface area contributed by atoms with Crippen LogP contribution in [0.1, 0.15) is 45.1 Å². The lowest BCUT2D eigenvalue weighted by Crippen LogP contribution is -2.33. The van der Waals surface area contributed by atoms with E-state index in [2.05, 4.69) is 24.1 Å². The van der Waals surface area contributed by atoms with Crippen molar-refractivity contribution in [2.24, 2.45) is 0 Å². The third kappa shape index (κ3) is 6.68.